The number of hydrazine groups is 1. The van der Waals surface area contributed by atoms with Crippen LogP contribution in [0.25, 0.3) is 0 Å². The van der Waals surface area contributed by atoms with Crippen molar-refractivity contribution >= 4 is 57.7 Å². The number of carbonyl (C=O) groups is 2. The zero-order valence-electron chi connectivity index (χ0n) is 13.7. The molecule has 2 amide bonds. The topological polar surface area (TPSA) is 105 Å². The number of benzene rings is 2. The summed E-state index contributed by atoms with van der Waals surface area (Å²) in [7, 11) is 0. The third-order valence-electron chi connectivity index (χ3n) is 3.55. The second-order valence-corrected chi connectivity index (χ2v) is 6.96. The first-order valence-corrected chi connectivity index (χ1v) is 9.03. The van der Waals surface area contributed by atoms with Gasteiger partial charge in [-0.1, -0.05) is 48.2 Å². The average molecular weight is 400 g/mol. The lowest BCUT2D eigenvalue weighted by molar-refractivity contribution is -0.384. The van der Waals surface area contributed by atoms with E-state index in [9.17, 15) is 19.7 Å². The Morgan fingerprint density at radius 1 is 1.30 bits per heavy atom. The van der Waals surface area contributed by atoms with Crippen molar-refractivity contribution in [1.82, 2.24) is 10.4 Å². The fourth-order valence-corrected chi connectivity index (χ4v) is 3.24. The van der Waals surface area contributed by atoms with Crippen LogP contribution < -0.4 is 5.43 Å². The molecule has 0 radical (unpaired) electrons. The molecule has 0 aromatic heterocycles. The Morgan fingerprint density at radius 3 is 2.78 bits per heavy atom. The van der Waals surface area contributed by atoms with E-state index in [1.54, 1.807) is 36.4 Å². The van der Waals surface area contributed by atoms with Crippen LogP contribution in [-0.2, 0) is 4.79 Å². The van der Waals surface area contributed by atoms with Gasteiger partial charge in [0.05, 0.1) is 21.9 Å². The van der Waals surface area contributed by atoms with Crippen molar-refractivity contribution in [3.8, 4) is 0 Å². The minimum Gasteiger partial charge on any atom is -0.272 e. The number of nitro benzene ring substituents is 1. The number of nitrogens with zero attached hydrogens (tertiary/aromatic N) is 3. The predicted octanol–water partition coefficient (Wildman–Crippen LogP) is 2.85. The Hall–Kier alpha value is -3.11. The molecule has 2 aromatic carbocycles. The maximum atomic E-state index is 12.5. The van der Waals surface area contributed by atoms with E-state index < -0.39 is 10.8 Å². The van der Waals surface area contributed by atoms with Crippen molar-refractivity contribution in [3.63, 3.8) is 0 Å². The second-order valence-electron chi connectivity index (χ2n) is 5.35. The number of amides is 2. The lowest BCUT2D eigenvalue weighted by Gasteiger charge is -2.16. The van der Waals surface area contributed by atoms with E-state index >= 15 is 0 Å². The number of hydrogen-bond donors (Lipinski definition) is 1. The highest BCUT2D eigenvalue weighted by molar-refractivity contribution is 8.23. The molecule has 0 aliphatic carbocycles. The number of para-hydroxylation sites is 1. The van der Waals surface area contributed by atoms with E-state index in [2.05, 4.69) is 10.4 Å². The van der Waals surface area contributed by atoms with Crippen molar-refractivity contribution in [2.75, 3.05) is 5.75 Å². The Bertz CT molecular complexity index is 961. The summed E-state index contributed by atoms with van der Waals surface area (Å²) < 4.78 is 0.283. The van der Waals surface area contributed by atoms with Crippen LogP contribution in [0.5, 0.6) is 0 Å². The van der Waals surface area contributed by atoms with Gasteiger partial charge in [-0.05, 0) is 17.7 Å². The Morgan fingerprint density at radius 2 is 2.07 bits per heavy atom. The van der Waals surface area contributed by atoms with Gasteiger partial charge in [-0.15, -0.1) is 0 Å². The Balaban J connectivity index is 1.82. The lowest BCUT2D eigenvalue weighted by atomic mass is 10.1. The number of nitro groups is 1. The summed E-state index contributed by atoms with van der Waals surface area (Å²) in [5.74, 6) is -0.637. The number of hydrogen-bond acceptors (Lipinski definition) is 7. The standard InChI is InChI=1S/C17H12N4O4S2/c22-15-10-27-17(26)20(15)19-16(23)13-6-1-2-7-14(13)18-9-11-4-3-5-12(8-11)21(24)25/h1-9H,10H2,(H,19,23). The molecule has 1 heterocycles. The van der Waals surface area contributed by atoms with E-state index in [0.717, 1.165) is 5.01 Å². The molecular formula is C17H12N4O4S2. The van der Waals surface area contributed by atoms with E-state index in [1.807, 2.05) is 0 Å². The number of non-ortho nitro benzene ring substituents is 1. The van der Waals surface area contributed by atoms with Crippen molar-refractivity contribution in [1.29, 1.82) is 0 Å². The highest BCUT2D eigenvalue weighted by Gasteiger charge is 2.29. The summed E-state index contributed by atoms with van der Waals surface area (Å²) in [5.41, 5.74) is 3.54. The van der Waals surface area contributed by atoms with Crippen LogP contribution in [0.4, 0.5) is 11.4 Å². The molecule has 136 valence electrons. The molecule has 0 bridgehead atoms. The molecule has 1 fully saturated rings. The van der Waals surface area contributed by atoms with Gasteiger partial charge in [-0.25, -0.2) is 5.01 Å². The van der Waals surface area contributed by atoms with Crippen LogP contribution in [0.15, 0.2) is 53.5 Å². The van der Waals surface area contributed by atoms with Gasteiger partial charge in [-0.3, -0.25) is 30.1 Å². The van der Waals surface area contributed by atoms with Crippen molar-refractivity contribution in [2.45, 2.75) is 0 Å². The minimum absolute atomic E-state index is 0.0523. The molecule has 27 heavy (non-hydrogen) atoms. The molecule has 0 spiro atoms. The summed E-state index contributed by atoms with van der Waals surface area (Å²) >= 11 is 6.21. The lowest BCUT2D eigenvalue weighted by Crippen LogP contribution is -2.45. The molecule has 0 atom stereocenters. The monoisotopic (exact) mass is 400 g/mol. The number of rotatable bonds is 5. The first-order chi connectivity index (χ1) is 13.0. The summed E-state index contributed by atoms with van der Waals surface area (Å²) in [4.78, 5) is 38.9. The number of thiocarbonyl (C=S) groups is 1. The first kappa shape index (κ1) is 18.7. The second kappa shape index (κ2) is 8.06. The van der Waals surface area contributed by atoms with E-state index in [0.29, 0.717) is 11.3 Å². The highest BCUT2D eigenvalue weighted by atomic mass is 32.2. The number of aliphatic imine (C=N–C) groups is 1. The molecular weight excluding hydrogens is 388 g/mol. The minimum atomic E-state index is -0.528. The number of carbonyl (C=O) groups excluding carboxylic acids is 2. The zero-order chi connectivity index (χ0) is 19.4. The normalized spacial score (nSPS) is 14.0. The van der Waals surface area contributed by atoms with Crippen LogP contribution in [0, 0.1) is 10.1 Å². The molecule has 1 aliphatic rings. The molecule has 1 saturated heterocycles. The third kappa shape index (κ3) is 4.36. The van der Waals surface area contributed by atoms with Crippen molar-refractivity contribution in [2.24, 2.45) is 4.99 Å². The average Bonchev–Trinajstić information content (AvgIpc) is 2.98. The molecule has 1 aliphatic heterocycles. The molecule has 3 rings (SSSR count). The van der Waals surface area contributed by atoms with Crippen LogP contribution in [0.3, 0.4) is 0 Å². The van der Waals surface area contributed by atoms with Gasteiger partial charge >= 0.3 is 0 Å². The number of thioether (sulfide) groups is 1. The maximum absolute atomic E-state index is 12.5. The molecule has 8 nitrogen and oxygen atoms in total. The number of nitrogens with one attached hydrogen (secondary N) is 1. The summed E-state index contributed by atoms with van der Waals surface area (Å²) in [6.45, 7) is 0. The highest BCUT2D eigenvalue weighted by Crippen LogP contribution is 2.21. The predicted molar refractivity (Wildman–Crippen MR) is 106 cm³/mol. The largest absolute Gasteiger partial charge is 0.272 e. The summed E-state index contributed by atoms with van der Waals surface area (Å²) in [6.07, 6.45) is 1.43. The quantitative estimate of drug-likeness (QED) is 0.358. The fraction of sp³-hybridized carbons (Fsp3) is 0.0588. The van der Waals surface area contributed by atoms with Gasteiger partial charge in [0.15, 0.2) is 4.32 Å². The van der Waals surface area contributed by atoms with E-state index in [-0.39, 0.29) is 27.2 Å². The van der Waals surface area contributed by atoms with Crippen molar-refractivity contribution in [3.05, 3.63) is 69.8 Å². The molecule has 10 heteroatoms. The Kier molecular flexibility index (Phi) is 5.57. The van der Waals surface area contributed by atoms with Crippen LogP contribution in [0.1, 0.15) is 15.9 Å². The van der Waals surface area contributed by atoms with Gasteiger partial charge in [0.2, 0.25) is 0 Å². The van der Waals surface area contributed by atoms with Crippen LogP contribution in [0.2, 0.25) is 0 Å². The summed E-state index contributed by atoms with van der Waals surface area (Å²) in [6, 6.07) is 12.5. The smallest absolute Gasteiger partial charge is 0.272 e. The zero-order valence-corrected chi connectivity index (χ0v) is 15.3. The molecule has 0 unspecified atom stereocenters. The first-order valence-electron chi connectivity index (χ1n) is 7.64. The fourth-order valence-electron chi connectivity index (χ4n) is 2.27. The van der Waals surface area contributed by atoms with Crippen molar-refractivity contribution < 1.29 is 14.5 Å². The van der Waals surface area contributed by atoms with Crippen LogP contribution >= 0.6 is 24.0 Å². The molecule has 2 aromatic rings. The summed E-state index contributed by atoms with van der Waals surface area (Å²) in [5, 5.41) is 11.9. The van der Waals surface area contributed by atoms with Gasteiger partial charge in [-0.2, -0.15) is 0 Å². The molecule has 0 saturated carbocycles. The maximum Gasteiger partial charge on any atom is 0.272 e. The van der Waals surface area contributed by atoms with Gasteiger partial charge in [0, 0.05) is 18.3 Å². The van der Waals surface area contributed by atoms with E-state index in [1.165, 1.54) is 30.1 Å². The van der Waals surface area contributed by atoms with Gasteiger partial charge in [0.25, 0.3) is 17.5 Å². The SMILES string of the molecule is O=C(NN1C(=O)CSC1=S)c1ccccc1N=Cc1cccc([N+](=O)[O-])c1. The van der Waals surface area contributed by atoms with Crippen LogP contribution in [-0.4, -0.2) is 38.0 Å². The molecule has 1 N–H and O–H groups in total. The van der Waals surface area contributed by atoms with Gasteiger partial charge in [0.1, 0.15) is 0 Å². The Labute approximate surface area is 163 Å². The van der Waals surface area contributed by atoms with Gasteiger partial charge < -0.3 is 0 Å². The van der Waals surface area contributed by atoms with E-state index in [4.69, 9.17) is 12.2 Å². The third-order valence-corrected chi connectivity index (χ3v) is 4.90.